The molecule has 0 aromatic carbocycles. The third-order valence-corrected chi connectivity index (χ3v) is 0.243. The van der Waals surface area contributed by atoms with Crippen LogP contribution in [0.4, 0.5) is 13.2 Å². The van der Waals surface area contributed by atoms with E-state index in [9.17, 15) is 13.2 Å². The molecule has 0 radical (unpaired) electrons. The highest BCUT2D eigenvalue weighted by Gasteiger charge is 2.38. The molecule has 3 nitrogen and oxygen atoms in total. The number of carbonyl (C=O) groups is 1. The van der Waals surface area contributed by atoms with Crippen LogP contribution in [0.2, 0.25) is 0 Å². The summed E-state index contributed by atoms with van der Waals surface area (Å²) in [5, 5.41) is 14.4. The Bertz CT molecular complexity index is 146. The van der Waals surface area contributed by atoms with Crippen molar-refractivity contribution in [3.63, 3.8) is 0 Å². The summed E-state index contributed by atoms with van der Waals surface area (Å²) in [4.78, 5) is 8.90. The van der Waals surface area contributed by atoms with Crippen LogP contribution in [-0.2, 0) is 4.79 Å². The molecule has 0 rings (SSSR count). The molecule has 0 unspecified atom stereocenters. The zero-order valence-corrected chi connectivity index (χ0v) is 4.94. The van der Waals surface area contributed by atoms with E-state index in [1.807, 2.05) is 0 Å². The predicted molar refractivity (Wildman–Crippen MR) is 25.0 cm³/mol. The van der Waals surface area contributed by atoms with Gasteiger partial charge in [0.1, 0.15) is 0 Å². The van der Waals surface area contributed by atoms with Crippen LogP contribution in [0.25, 0.3) is 0 Å². The first-order valence-corrected chi connectivity index (χ1v) is 1.97. The summed E-state index contributed by atoms with van der Waals surface area (Å²) >= 11 is 0. The van der Waals surface area contributed by atoms with E-state index < -0.39 is 12.1 Å². The van der Waals surface area contributed by atoms with Crippen molar-refractivity contribution >= 4 is 5.97 Å². The molecule has 0 heterocycles. The second-order valence-electron chi connectivity index (χ2n) is 1.03. The van der Waals surface area contributed by atoms with Gasteiger partial charge >= 0.3 is 12.1 Å². The van der Waals surface area contributed by atoms with Crippen molar-refractivity contribution in [1.29, 1.82) is 5.26 Å². The van der Waals surface area contributed by atoms with E-state index in [-0.39, 0.29) is 0 Å². The molecule has 0 fully saturated rings. The first kappa shape index (κ1) is 11.5. The average molecular weight is 155 g/mol. The van der Waals surface area contributed by atoms with Gasteiger partial charge in [-0.25, -0.2) is 4.79 Å². The fraction of sp³-hybridized carbons (Fsp3) is 0.500. The van der Waals surface area contributed by atoms with Crippen LogP contribution >= 0.6 is 0 Å². The van der Waals surface area contributed by atoms with E-state index in [0.717, 1.165) is 0 Å². The summed E-state index contributed by atoms with van der Waals surface area (Å²) < 4.78 is 31.7. The summed E-state index contributed by atoms with van der Waals surface area (Å²) in [5.74, 6) is -2.76. The topological polar surface area (TPSA) is 61.1 Å². The Kier molecular flexibility index (Phi) is 5.32. The zero-order valence-electron chi connectivity index (χ0n) is 4.94. The Morgan fingerprint density at radius 3 is 1.70 bits per heavy atom. The normalized spacial score (nSPS) is 8.70. The van der Waals surface area contributed by atoms with E-state index in [2.05, 4.69) is 0 Å². The maximum absolute atomic E-state index is 10.6. The first-order valence-electron chi connectivity index (χ1n) is 1.97. The summed E-state index contributed by atoms with van der Waals surface area (Å²) in [6.45, 7) is 1.43. The van der Waals surface area contributed by atoms with E-state index in [1.165, 1.54) is 6.92 Å². The lowest BCUT2D eigenvalue weighted by molar-refractivity contribution is -0.192. The lowest BCUT2D eigenvalue weighted by Gasteiger charge is -1.93. The highest BCUT2D eigenvalue weighted by Crippen LogP contribution is 2.13. The Morgan fingerprint density at radius 1 is 1.60 bits per heavy atom. The van der Waals surface area contributed by atoms with Crippen molar-refractivity contribution in [3.05, 3.63) is 0 Å². The van der Waals surface area contributed by atoms with Gasteiger partial charge in [0, 0.05) is 6.92 Å². The monoisotopic (exact) mass is 155 g/mol. The number of hydrogen-bond acceptors (Lipinski definition) is 2. The lowest BCUT2D eigenvalue weighted by atomic mass is 10.7. The molecular formula is C4H4F3NO2. The molecule has 0 spiro atoms. The second-order valence-corrected chi connectivity index (χ2v) is 1.03. The smallest absolute Gasteiger partial charge is 0.475 e. The first-order chi connectivity index (χ1) is 4.36. The van der Waals surface area contributed by atoms with Gasteiger partial charge in [-0.1, -0.05) is 0 Å². The molecule has 0 saturated carbocycles. The van der Waals surface area contributed by atoms with Crippen LogP contribution in [0.3, 0.4) is 0 Å². The van der Waals surface area contributed by atoms with Crippen LogP contribution in [0.5, 0.6) is 0 Å². The van der Waals surface area contributed by atoms with Gasteiger partial charge in [0.2, 0.25) is 0 Å². The Morgan fingerprint density at radius 2 is 1.70 bits per heavy atom. The summed E-state index contributed by atoms with van der Waals surface area (Å²) in [7, 11) is 0. The lowest BCUT2D eigenvalue weighted by Crippen LogP contribution is -2.21. The third kappa shape index (κ3) is 9.89. The van der Waals surface area contributed by atoms with Crippen LogP contribution in [-0.4, -0.2) is 17.3 Å². The molecule has 1 N–H and O–H groups in total. The molecule has 0 aromatic heterocycles. The Labute approximate surface area is 54.7 Å². The number of aliphatic carboxylic acids is 1. The Hall–Kier alpha value is -1.25. The predicted octanol–water partition coefficient (Wildman–Crippen LogP) is 1.16. The number of rotatable bonds is 0. The number of carboxylic acid groups (broad SMARTS) is 1. The van der Waals surface area contributed by atoms with E-state index >= 15 is 0 Å². The molecule has 0 aromatic rings. The quantitative estimate of drug-likeness (QED) is 0.570. The molecule has 58 valence electrons. The summed E-state index contributed by atoms with van der Waals surface area (Å²) in [6.07, 6.45) is -5.08. The van der Waals surface area contributed by atoms with Gasteiger partial charge in [-0.2, -0.15) is 18.4 Å². The summed E-state index contributed by atoms with van der Waals surface area (Å²) in [5.41, 5.74) is 0. The van der Waals surface area contributed by atoms with Crippen molar-refractivity contribution in [2.24, 2.45) is 0 Å². The highest BCUT2D eigenvalue weighted by atomic mass is 19.4. The maximum Gasteiger partial charge on any atom is 0.490 e. The number of alkyl halides is 3. The minimum atomic E-state index is -5.08. The zero-order chi connectivity index (χ0) is 8.78. The fourth-order valence-electron chi connectivity index (χ4n) is 0. The molecule has 0 aliphatic heterocycles. The summed E-state index contributed by atoms with van der Waals surface area (Å²) in [6, 6.07) is 1.75. The molecule has 0 bridgehead atoms. The van der Waals surface area contributed by atoms with E-state index in [0.29, 0.717) is 0 Å². The fourth-order valence-corrected chi connectivity index (χ4v) is 0. The number of nitrogens with zero attached hydrogens (tertiary/aromatic N) is 1. The standard InChI is InChI=1S/C2HF3O2.C2H3N/c3-2(4,5)1(6)7;1-2-3/h(H,6,7);1H3. The van der Waals surface area contributed by atoms with Crippen molar-refractivity contribution in [1.82, 2.24) is 0 Å². The SMILES string of the molecule is CC#N.O=C(O)C(F)(F)F. The van der Waals surface area contributed by atoms with Crippen molar-refractivity contribution < 1.29 is 23.1 Å². The number of hydrogen-bond donors (Lipinski definition) is 1. The molecule has 0 amide bonds. The Balaban J connectivity index is 0. The van der Waals surface area contributed by atoms with Crippen LogP contribution in [0, 0.1) is 11.3 Å². The highest BCUT2D eigenvalue weighted by molar-refractivity contribution is 5.73. The molecule has 0 atom stereocenters. The van der Waals surface area contributed by atoms with Gasteiger partial charge in [0.15, 0.2) is 0 Å². The van der Waals surface area contributed by atoms with Crippen LogP contribution in [0.1, 0.15) is 6.92 Å². The second kappa shape index (κ2) is 4.61. The van der Waals surface area contributed by atoms with Crippen molar-refractivity contribution in [3.8, 4) is 6.07 Å². The van der Waals surface area contributed by atoms with Gasteiger partial charge in [-0.15, -0.1) is 0 Å². The largest absolute Gasteiger partial charge is 0.490 e. The van der Waals surface area contributed by atoms with E-state index in [1.54, 1.807) is 6.07 Å². The van der Waals surface area contributed by atoms with Crippen molar-refractivity contribution in [2.75, 3.05) is 0 Å². The van der Waals surface area contributed by atoms with Gasteiger partial charge < -0.3 is 5.11 Å². The average Bonchev–Trinajstić information content (AvgIpc) is 1.64. The number of carboxylic acids is 1. The third-order valence-electron chi connectivity index (χ3n) is 0.243. The molecule has 0 saturated heterocycles. The minimum absolute atomic E-state index is 1.43. The van der Waals surface area contributed by atoms with E-state index in [4.69, 9.17) is 15.2 Å². The van der Waals surface area contributed by atoms with Crippen LogP contribution < -0.4 is 0 Å². The maximum atomic E-state index is 10.6. The molecule has 0 aliphatic carbocycles. The van der Waals surface area contributed by atoms with Gasteiger partial charge in [0.25, 0.3) is 0 Å². The molecule has 6 heteroatoms. The molecular weight excluding hydrogens is 151 g/mol. The van der Waals surface area contributed by atoms with Gasteiger partial charge in [0.05, 0.1) is 6.07 Å². The molecule has 10 heavy (non-hydrogen) atoms. The van der Waals surface area contributed by atoms with Crippen LogP contribution in [0.15, 0.2) is 0 Å². The minimum Gasteiger partial charge on any atom is -0.475 e. The molecule has 0 aliphatic rings. The number of halogens is 3. The van der Waals surface area contributed by atoms with Crippen molar-refractivity contribution in [2.45, 2.75) is 13.1 Å². The van der Waals surface area contributed by atoms with Gasteiger partial charge in [-0.3, -0.25) is 0 Å². The number of nitriles is 1. The van der Waals surface area contributed by atoms with Gasteiger partial charge in [-0.05, 0) is 0 Å².